The summed E-state index contributed by atoms with van der Waals surface area (Å²) in [7, 11) is 0. The van der Waals surface area contributed by atoms with Gasteiger partial charge < -0.3 is 9.67 Å². The number of imidazole rings is 1. The SMILES string of the molecule is CCc1nc2c(C(=O)O)cccc2n1C(C)CCC(C)C. The van der Waals surface area contributed by atoms with Gasteiger partial charge in [-0.25, -0.2) is 9.78 Å². The van der Waals surface area contributed by atoms with Crippen LogP contribution in [-0.2, 0) is 6.42 Å². The lowest BCUT2D eigenvalue weighted by molar-refractivity contribution is 0.0699. The minimum Gasteiger partial charge on any atom is -0.478 e. The second kappa shape index (κ2) is 6.29. The third-order valence-corrected chi connectivity index (χ3v) is 3.94. The number of aromatic carboxylic acids is 1. The molecule has 0 radical (unpaired) electrons. The van der Waals surface area contributed by atoms with Crippen molar-refractivity contribution >= 4 is 17.0 Å². The molecule has 0 aliphatic carbocycles. The van der Waals surface area contributed by atoms with Gasteiger partial charge in [-0.2, -0.15) is 0 Å². The zero-order valence-electron chi connectivity index (χ0n) is 13.3. The Morgan fingerprint density at radius 3 is 2.57 bits per heavy atom. The molecule has 4 heteroatoms. The number of carboxylic acids is 1. The molecule has 2 rings (SSSR count). The Morgan fingerprint density at radius 2 is 2.00 bits per heavy atom. The van der Waals surface area contributed by atoms with Crippen LogP contribution >= 0.6 is 0 Å². The monoisotopic (exact) mass is 288 g/mol. The Bertz CT molecular complexity index is 644. The summed E-state index contributed by atoms with van der Waals surface area (Å²) in [6.07, 6.45) is 3.04. The Balaban J connectivity index is 2.51. The second-order valence-corrected chi connectivity index (χ2v) is 6.05. The van der Waals surface area contributed by atoms with E-state index in [1.165, 1.54) is 0 Å². The summed E-state index contributed by atoms with van der Waals surface area (Å²) in [6, 6.07) is 5.73. The van der Waals surface area contributed by atoms with Crippen LogP contribution in [0.2, 0.25) is 0 Å². The maximum atomic E-state index is 11.4. The van der Waals surface area contributed by atoms with Crippen LogP contribution in [-0.4, -0.2) is 20.6 Å². The Morgan fingerprint density at radius 1 is 1.29 bits per heavy atom. The highest BCUT2D eigenvalue weighted by atomic mass is 16.4. The molecule has 2 aromatic rings. The van der Waals surface area contributed by atoms with Gasteiger partial charge in [0.05, 0.1) is 11.1 Å². The highest BCUT2D eigenvalue weighted by Crippen LogP contribution is 2.27. The van der Waals surface area contributed by atoms with Gasteiger partial charge in [-0.05, 0) is 37.8 Å². The molecular weight excluding hydrogens is 264 g/mol. The van der Waals surface area contributed by atoms with Gasteiger partial charge in [0.2, 0.25) is 0 Å². The van der Waals surface area contributed by atoms with Crippen LogP contribution < -0.4 is 0 Å². The van der Waals surface area contributed by atoms with Crippen LogP contribution in [0.1, 0.15) is 62.8 Å². The summed E-state index contributed by atoms with van der Waals surface area (Å²) in [5.74, 6) is 0.722. The van der Waals surface area contributed by atoms with Crippen LogP contribution in [0.15, 0.2) is 18.2 Å². The largest absolute Gasteiger partial charge is 0.478 e. The molecule has 1 N–H and O–H groups in total. The summed E-state index contributed by atoms with van der Waals surface area (Å²) < 4.78 is 2.21. The number of rotatable bonds is 6. The summed E-state index contributed by atoms with van der Waals surface area (Å²) >= 11 is 0. The van der Waals surface area contributed by atoms with E-state index in [2.05, 4.69) is 37.2 Å². The average Bonchev–Trinajstić information content (AvgIpc) is 2.82. The van der Waals surface area contributed by atoms with Gasteiger partial charge in [0.15, 0.2) is 0 Å². The molecule has 0 spiro atoms. The fourth-order valence-electron chi connectivity index (χ4n) is 2.78. The van der Waals surface area contributed by atoms with Crippen molar-refractivity contribution in [2.24, 2.45) is 5.92 Å². The number of hydrogen-bond acceptors (Lipinski definition) is 2. The van der Waals surface area contributed by atoms with Crippen molar-refractivity contribution in [2.45, 2.75) is 53.0 Å². The van der Waals surface area contributed by atoms with Gasteiger partial charge in [0.1, 0.15) is 11.3 Å². The molecule has 4 nitrogen and oxygen atoms in total. The van der Waals surface area contributed by atoms with Crippen LogP contribution in [0.4, 0.5) is 0 Å². The van der Waals surface area contributed by atoms with Crippen molar-refractivity contribution < 1.29 is 9.90 Å². The van der Waals surface area contributed by atoms with Crippen molar-refractivity contribution in [3.63, 3.8) is 0 Å². The molecule has 1 aromatic carbocycles. The fraction of sp³-hybridized carbons (Fsp3) is 0.529. The van der Waals surface area contributed by atoms with Gasteiger partial charge in [-0.1, -0.05) is 26.8 Å². The van der Waals surface area contributed by atoms with Crippen LogP contribution in [0.25, 0.3) is 11.0 Å². The lowest BCUT2D eigenvalue weighted by Gasteiger charge is -2.18. The summed E-state index contributed by atoms with van der Waals surface area (Å²) in [5.41, 5.74) is 1.83. The molecular formula is C17H24N2O2. The van der Waals surface area contributed by atoms with Gasteiger partial charge in [0, 0.05) is 12.5 Å². The van der Waals surface area contributed by atoms with E-state index in [4.69, 9.17) is 0 Å². The molecule has 0 saturated carbocycles. The first-order valence-corrected chi connectivity index (χ1v) is 7.68. The number of aryl methyl sites for hydroxylation is 1. The van der Waals surface area contributed by atoms with Crippen LogP contribution in [0.5, 0.6) is 0 Å². The predicted octanol–water partition coefficient (Wildman–Crippen LogP) is 4.29. The van der Waals surface area contributed by atoms with E-state index in [-0.39, 0.29) is 5.56 Å². The molecule has 1 heterocycles. The van der Waals surface area contributed by atoms with Crippen molar-refractivity contribution in [1.29, 1.82) is 0 Å². The first kappa shape index (κ1) is 15.5. The molecule has 0 fully saturated rings. The number of carboxylic acid groups (broad SMARTS) is 1. The zero-order chi connectivity index (χ0) is 15.6. The molecule has 114 valence electrons. The van der Waals surface area contributed by atoms with Crippen molar-refractivity contribution in [1.82, 2.24) is 9.55 Å². The molecule has 0 bridgehead atoms. The van der Waals surface area contributed by atoms with E-state index in [1.54, 1.807) is 12.1 Å². The number of nitrogens with zero attached hydrogens (tertiary/aromatic N) is 2. The first-order valence-electron chi connectivity index (χ1n) is 7.68. The lowest BCUT2D eigenvalue weighted by Crippen LogP contribution is -2.10. The molecule has 0 aliphatic heterocycles. The van der Waals surface area contributed by atoms with Gasteiger partial charge in [-0.15, -0.1) is 0 Å². The van der Waals surface area contributed by atoms with E-state index in [0.717, 1.165) is 30.6 Å². The second-order valence-electron chi connectivity index (χ2n) is 6.05. The Labute approximate surface area is 125 Å². The fourth-order valence-corrected chi connectivity index (χ4v) is 2.78. The minimum atomic E-state index is -0.914. The Hall–Kier alpha value is -1.84. The van der Waals surface area contributed by atoms with E-state index in [9.17, 15) is 9.90 Å². The summed E-state index contributed by atoms with van der Waals surface area (Å²) in [6.45, 7) is 8.70. The number of carbonyl (C=O) groups is 1. The van der Waals surface area contributed by atoms with Crippen molar-refractivity contribution in [3.8, 4) is 0 Å². The maximum Gasteiger partial charge on any atom is 0.337 e. The highest BCUT2D eigenvalue weighted by molar-refractivity contribution is 6.01. The number of fused-ring (bicyclic) bond motifs is 1. The number of aromatic nitrogens is 2. The Kier molecular flexibility index (Phi) is 4.66. The molecule has 0 aliphatic rings. The molecule has 1 unspecified atom stereocenters. The number of hydrogen-bond donors (Lipinski definition) is 1. The van der Waals surface area contributed by atoms with Crippen molar-refractivity contribution in [2.75, 3.05) is 0 Å². The topological polar surface area (TPSA) is 55.1 Å². The van der Waals surface area contributed by atoms with E-state index in [0.29, 0.717) is 17.5 Å². The quantitative estimate of drug-likeness (QED) is 0.862. The van der Waals surface area contributed by atoms with Crippen molar-refractivity contribution in [3.05, 3.63) is 29.6 Å². The average molecular weight is 288 g/mol. The minimum absolute atomic E-state index is 0.289. The summed E-state index contributed by atoms with van der Waals surface area (Å²) in [4.78, 5) is 15.9. The lowest BCUT2D eigenvalue weighted by atomic mass is 10.0. The van der Waals surface area contributed by atoms with Gasteiger partial charge in [0.25, 0.3) is 0 Å². The van der Waals surface area contributed by atoms with E-state index >= 15 is 0 Å². The molecule has 1 atom stereocenters. The third kappa shape index (κ3) is 3.09. The predicted molar refractivity (Wildman–Crippen MR) is 84.9 cm³/mol. The standard InChI is InChI=1S/C17H24N2O2/c1-5-15-18-16-13(17(20)21)7-6-8-14(16)19(15)12(4)10-9-11(2)3/h6-8,11-12H,5,9-10H2,1-4H3,(H,20,21). The normalized spacial score (nSPS) is 13.0. The molecule has 21 heavy (non-hydrogen) atoms. The number of para-hydroxylation sites is 1. The first-order chi connectivity index (χ1) is 9.95. The van der Waals surface area contributed by atoms with Gasteiger partial charge >= 0.3 is 5.97 Å². The maximum absolute atomic E-state index is 11.4. The van der Waals surface area contributed by atoms with E-state index in [1.807, 2.05) is 6.07 Å². The molecule has 0 amide bonds. The van der Waals surface area contributed by atoms with Crippen LogP contribution in [0, 0.1) is 5.92 Å². The van der Waals surface area contributed by atoms with Crippen LogP contribution in [0.3, 0.4) is 0 Å². The number of benzene rings is 1. The van der Waals surface area contributed by atoms with E-state index < -0.39 is 5.97 Å². The smallest absolute Gasteiger partial charge is 0.337 e. The summed E-state index contributed by atoms with van der Waals surface area (Å²) in [5, 5.41) is 9.32. The zero-order valence-corrected chi connectivity index (χ0v) is 13.3. The van der Waals surface area contributed by atoms with Gasteiger partial charge in [-0.3, -0.25) is 0 Å². The third-order valence-electron chi connectivity index (χ3n) is 3.94. The highest BCUT2D eigenvalue weighted by Gasteiger charge is 2.19. The molecule has 0 saturated heterocycles. The molecule has 1 aromatic heterocycles.